The number of carbonyl (C=O) groups is 4. The molecule has 1 aromatic carbocycles. The van der Waals surface area contributed by atoms with Crippen LogP contribution in [0.4, 0.5) is 11.8 Å². The fourth-order valence-electron chi connectivity index (χ4n) is 6.46. The van der Waals surface area contributed by atoms with E-state index in [4.69, 9.17) is 30.8 Å². The van der Waals surface area contributed by atoms with E-state index in [1.54, 1.807) is 0 Å². The predicted molar refractivity (Wildman–Crippen MR) is 226 cm³/mol. The molecule has 326 valence electrons. The highest BCUT2D eigenvalue weighted by atomic mass is 32.2. The van der Waals surface area contributed by atoms with E-state index in [0.717, 1.165) is 74.1 Å². The number of carboxylic acid groups (broad SMARTS) is 2. The Balaban J connectivity index is 1.04. The van der Waals surface area contributed by atoms with Gasteiger partial charge in [-0.25, -0.2) is 4.98 Å². The molecule has 0 radical (unpaired) electrons. The number of hydrogen-bond acceptors (Lipinski definition) is 14. The van der Waals surface area contributed by atoms with E-state index >= 15 is 0 Å². The van der Waals surface area contributed by atoms with Gasteiger partial charge < -0.3 is 56.0 Å². The Kier molecular flexibility index (Phi) is 20.1. The van der Waals surface area contributed by atoms with Gasteiger partial charge in [-0.2, -0.15) is 4.98 Å². The van der Waals surface area contributed by atoms with Gasteiger partial charge in [-0.3, -0.25) is 24.1 Å². The summed E-state index contributed by atoms with van der Waals surface area (Å²) < 4.78 is 18.7. The maximum atomic E-state index is 12.8. The van der Waals surface area contributed by atoms with E-state index in [-0.39, 0.29) is 37.2 Å². The van der Waals surface area contributed by atoms with Crippen molar-refractivity contribution in [3.8, 4) is 0 Å². The summed E-state index contributed by atoms with van der Waals surface area (Å²) >= 11 is 0.815. The topological polar surface area (TPSA) is 250 Å². The van der Waals surface area contributed by atoms with Gasteiger partial charge in [0.15, 0.2) is 5.82 Å². The fourth-order valence-corrected chi connectivity index (χ4v) is 7.46. The van der Waals surface area contributed by atoms with Crippen molar-refractivity contribution < 1.29 is 43.6 Å². The third-order valence-corrected chi connectivity index (χ3v) is 11.1. The number of anilines is 2. The Hall–Kier alpha value is -4.53. The average Bonchev–Trinajstić information content (AvgIpc) is 3.61. The van der Waals surface area contributed by atoms with Gasteiger partial charge in [0.2, 0.25) is 17.8 Å². The van der Waals surface area contributed by atoms with Crippen molar-refractivity contribution in [3.63, 3.8) is 0 Å². The molecule has 1 aliphatic heterocycles. The molecule has 2 aromatic heterocycles. The third-order valence-electron chi connectivity index (χ3n) is 9.79. The van der Waals surface area contributed by atoms with Crippen molar-refractivity contribution >= 4 is 58.3 Å². The van der Waals surface area contributed by atoms with Crippen molar-refractivity contribution in [2.24, 2.45) is 5.73 Å². The first kappa shape index (κ1) is 47.2. The molecule has 0 spiro atoms. The van der Waals surface area contributed by atoms with E-state index in [2.05, 4.69) is 62.1 Å². The quantitative estimate of drug-likeness (QED) is 0.0573. The zero-order chi connectivity index (χ0) is 42.6. The molecular weight excluding hydrogens is 783 g/mol. The number of aryl methyl sites for hydroxylation is 1. The van der Waals surface area contributed by atoms with E-state index in [1.165, 1.54) is 16.7 Å². The predicted octanol–water partition coefficient (Wildman–Crippen LogP) is 2.16. The zero-order valence-corrected chi connectivity index (χ0v) is 35.1. The summed E-state index contributed by atoms with van der Waals surface area (Å²) in [5.74, 6) is -1.94. The van der Waals surface area contributed by atoms with Gasteiger partial charge in [-0.1, -0.05) is 38.0 Å². The first-order chi connectivity index (χ1) is 28.4. The number of carbonyl (C=O) groups excluding carboxylic acids is 2. The molecule has 18 nitrogen and oxygen atoms in total. The zero-order valence-electron chi connectivity index (χ0n) is 34.2. The summed E-state index contributed by atoms with van der Waals surface area (Å²) in [6.07, 6.45) is 5.42. The van der Waals surface area contributed by atoms with Crippen LogP contribution in [-0.4, -0.2) is 154 Å². The molecule has 0 saturated carbocycles. The van der Waals surface area contributed by atoms with Gasteiger partial charge >= 0.3 is 11.9 Å². The van der Waals surface area contributed by atoms with Crippen LogP contribution in [0.15, 0.2) is 30.5 Å². The maximum absolute atomic E-state index is 12.8. The first-order valence-electron chi connectivity index (χ1n) is 20.2. The number of piperazine rings is 1. The number of fused-ring (bicyclic) bond motifs is 1. The van der Waals surface area contributed by atoms with Crippen LogP contribution in [0.1, 0.15) is 55.7 Å². The summed E-state index contributed by atoms with van der Waals surface area (Å²) in [4.78, 5) is 60.3. The van der Waals surface area contributed by atoms with Gasteiger partial charge in [0, 0.05) is 70.7 Å². The largest absolute Gasteiger partial charge is 0.480 e. The normalized spacial score (nSPS) is 14.3. The molecule has 2 amide bonds. The van der Waals surface area contributed by atoms with Crippen LogP contribution in [-0.2, 0) is 46.5 Å². The van der Waals surface area contributed by atoms with Gasteiger partial charge in [0.25, 0.3) is 0 Å². The van der Waals surface area contributed by atoms with E-state index in [1.807, 2.05) is 17.2 Å². The number of nitrogens with two attached hydrogens (primary N) is 2. The Morgan fingerprint density at radius 2 is 1.61 bits per heavy atom. The fraction of sp³-hybridized carbons (Fsp3) is 0.600. The third kappa shape index (κ3) is 16.2. The summed E-state index contributed by atoms with van der Waals surface area (Å²) in [6.45, 7) is 11.7. The molecule has 8 N–H and O–H groups in total. The molecule has 59 heavy (non-hydrogen) atoms. The van der Waals surface area contributed by atoms with Crippen molar-refractivity contribution in [1.29, 1.82) is 0 Å². The Morgan fingerprint density at radius 1 is 0.898 bits per heavy atom. The maximum Gasteiger partial charge on any atom is 0.321 e. The molecular formula is C40H61N9O9S. The lowest BCUT2D eigenvalue weighted by atomic mass is 10.0. The number of amides is 2. The number of aromatic nitrogens is 3. The summed E-state index contributed by atoms with van der Waals surface area (Å²) in [5.41, 5.74) is 16.9. The molecule has 4 rings (SSSR count). The molecule has 0 aliphatic carbocycles. The standard InChI is InChI=1S/C40H61N9O9S/c1-3-4-5-10-44-37-36-32(45-40(42)46-37)8-12-49(36)26-30-7-6-29(23-28(30)2)25-47-13-15-48(16-14-47)35(51)9-17-56-19-21-58-22-20-57-18-11-43-34(50)24-33(39(54)55)59-27-31(41)38(52)53/h6-8,12,23,31,33H,3-5,9-11,13-22,24-27,41H2,1-2H3,(H,43,50)(H,52,53)(H,54,55)(H3,42,44,45,46)/t31-,33+/m0/s1. The van der Waals surface area contributed by atoms with Gasteiger partial charge in [0.05, 0.1) is 51.6 Å². The van der Waals surface area contributed by atoms with E-state index < -0.39 is 29.1 Å². The lowest BCUT2D eigenvalue weighted by Crippen LogP contribution is -2.48. The van der Waals surface area contributed by atoms with Crippen LogP contribution in [0.5, 0.6) is 0 Å². The Labute approximate surface area is 349 Å². The highest BCUT2D eigenvalue weighted by Crippen LogP contribution is 2.25. The highest BCUT2D eigenvalue weighted by molar-refractivity contribution is 8.00. The second-order valence-electron chi connectivity index (χ2n) is 14.4. The number of benzene rings is 1. The number of carboxylic acids is 2. The summed E-state index contributed by atoms with van der Waals surface area (Å²) in [5, 5.41) is 23.1. The molecule has 1 aliphatic rings. The van der Waals surface area contributed by atoms with Crippen LogP contribution in [0.3, 0.4) is 0 Å². The number of nitrogens with one attached hydrogen (secondary N) is 2. The molecule has 3 aromatic rings. The lowest BCUT2D eigenvalue weighted by molar-refractivity contribution is -0.139. The summed E-state index contributed by atoms with van der Waals surface area (Å²) in [6, 6.07) is 7.42. The van der Waals surface area contributed by atoms with Gasteiger partial charge in [0.1, 0.15) is 16.8 Å². The van der Waals surface area contributed by atoms with Crippen LogP contribution >= 0.6 is 11.8 Å². The highest BCUT2D eigenvalue weighted by Gasteiger charge is 2.25. The van der Waals surface area contributed by atoms with E-state index in [9.17, 15) is 24.3 Å². The smallest absolute Gasteiger partial charge is 0.321 e. The number of nitrogen functional groups attached to an aromatic ring is 1. The number of thioether (sulfide) groups is 1. The average molecular weight is 844 g/mol. The minimum absolute atomic E-state index is 0.0795. The number of nitrogens with zero attached hydrogens (tertiary/aromatic N) is 5. The molecule has 19 heteroatoms. The molecule has 0 bridgehead atoms. The van der Waals surface area contributed by atoms with Gasteiger partial charge in [-0.15, -0.1) is 11.8 Å². The molecule has 0 unspecified atom stereocenters. The number of rotatable bonds is 28. The number of unbranched alkanes of at least 4 members (excludes halogenated alkanes) is 2. The number of aliphatic carboxylic acids is 2. The Bertz CT molecular complexity index is 1810. The lowest BCUT2D eigenvalue weighted by Gasteiger charge is -2.35. The SMILES string of the molecule is CCCCCNc1nc(N)nc2ccn(Cc3ccc(CN4CCN(C(=O)CCOCCOCCOCCNC(=O)C[C@@H](SC[C@H](N)C(=O)O)C(=O)O)CC4)cc3C)c12. The van der Waals surface area contributed by atoms with Crippen molar-refractivity contribution in [3.05, 3.63) is 47.2 Å². The van der Waals surface area contributed by atoms with Crippen LogP contribution in [0, 0.1) is 6.92 Å². The summed E-state index contributed by atoms with van der Waals surface area (Å²) in [7, 11) is 0. The van der Waals surface area contributed by atoms with Gasteiger partial charge in [-0.05, 0) is 36.1 Å². The van der Waals surface area contributed by atoms with Crippen molar-refractivity contribution in [2.75, 3.05) is 95.7 Å². The first-order valence-corrected chi connectivity index (χ1v) is 21.3. The van der Waals surface area contributed by atoms with Crippen molar-refractivity contribution in [2.45, 2.75) is 70.3 Å². The Morgan fingerprint density at radius 3 is 2.29 bits per heavy atom. The monoisotopic (exact) mass is 843 g/mol. The van der Waals surface area contributed by atoms with Crippen LogP contribution in [0.2, 0.25) is 0 Å². The van der Waals surface area contributed by atoms with Crippen LogP contribution < -0.4 is 22.1 Å². The molecule has 1 saturated heterocycles. The van der Waals surface area contributed by atoms with Crippen LogP contribution in [0.25, 0.3) is 11.0 Å². The second-order valence-corrected chi connectivity index (χ2v) is 15.6. The number of hydrogen-bond donors (Lipinski definition) is 6. The molecule has 3 heterocycles. The number of ether oxygens (including phenoxy) is 3. The minimum atomic E-state index is -1.24. The minimum Gasteiger partial charge on any atom is -0.480 e. The molecule has 2 atom stereocenters. The second kappa shape index (κ2) is 25.2. The van der Waals surface area contributed by atoms with Crippen molar-refractivity contribution in [1.82, 2.24) is 29.7 Å². The van der Waals surface area contributed by atoms with E-state index in [0.29, 0.717) is 59.1 Å². The molecule has 1 fully saturated rings.